The maximum absolute atomic E-state index is 13.3. The number of carbonyl (C=O) groups excluding carboxylic acids is 2. The summed E-state index contributed by atoms with van der Waals surface area (Å²) in [6.07, 6.45) is 0.506. The van der Waals surface area contributed by atoms with E-state index in [0.29, 0.717) is 24.2 Å². The van der Waals surface area contributed by atoms with E-state index in [1.807, 2.05) is 25.1 Å². The van der Waals surface area contributed by atoms with Gasteiger partial charge in [-0.2, -0.15) is 4.31 Å². The highest BCUT2D eigenvalue weighted by Gasteiger charge is 2.32. The van der Waals surface area contributed by atoms with Crippen molar-refractivity contribution in [3.8, 4) is 5.75 Å². The van der Waals surface area contributed by atoms with Crippen molar-refractivity contribution in [3.05, 3.63) is 52.5 Å². The lowest BCUT2D eigenvalue weighted by atomic mass is 10.1. The molecule has 31 heavy (non-hydrogen) atoms. The second-order valence-electron chi connectivity index (χ2n) is 7.53. The molecule has 10 heteroatoms. The summed E-state index contributed by atoms with van der Waals surface area (Å²) in [7, 11) is -3.91. The largest absolute Gasteiger partial charge is 0.482 e. The molecule has 0 bridgehead atoms. The van der Waals surface area contributed by atoms with Crippen LogP contribution in [0.4, 0.5) is 5.69 Å². The normalized spacial score (nSPS) is 17.4. The van der Waals surface area contributed by atoms with Gasteiger partial charge in [0.15, 0.2) is 6.61 Å². The molecule has 1 fully saturated rings. The van der Waals surface area contributed by atoms with E-state index in [2.05, 4.69) is 5.32 Å². The van der Waals surface area contributed by atoms with Crippen molar-refractivity contribution in [1.82, 2.24) is 9.21 Å². The van der Waals surface area contributed by atoms with E-state index in [1.165, 1.54) is 16.4 Å². The lowest BCUT2D eigenvalue weighted by molar-refractivity contribution is -0.118. The zero-order chi connectivity index (χ0) is 22.2. The third-order valence-corrected chi connectivity index (χ3v) is 7.66. The fourth-order valence-electron chi connectivity index (χ4n) is 3.72. The third kappa shape index (κ3) is 4.39. The van der Waals surface area contributed by atoms with Gasteiger partial charge in [-0.3, -0.25) is 9.59 Å². The molecular formula is C21H22ClN3O5S. The average Bonchev–Trinajstić information content (AvgIpc) is 2.99. The zero-order valence-electron chi connectivity index (χ0n) is 16.9. The Kier molecular flexibility index (Phi) is 5.92. The Labute approximate surface area is 185 Å². The highest BCUT2D eigenvalue weighted by atomic mass is 35.5. The first-order chi connectivity index (χ1) is 14.8. The van der Waals surface area contributed by atoms with Crippen LogP contribution in [-0.4, -0.2) is 62.2 Å². The minimum atomic E-state index is -3.91. The van der Waals surface area contributed by atoms with Crippen molar-refractivity contribution < 1.29 is 22.7 Å². The van der Waals surface area contributed by atoms with Crippen LogP contribution in [0.2, 0.25) is 5.02 Å². The number of aryl methyl sites for hydroxylation is 1. The molecule has 0 spiro atoms. The van der Waals surface area contributed by atoms with Crippen LogP contribution < -0.4 is 10.1 Å². The van der Waals surface area contributed by atoms with Gasteiger partial charge in [0.1, 0.15) is 10.6 Å². The maximum Gasteiger partial charge on any atom is 0.262 e. The summed E-state index contributed by atoms with van der Waals surface area (Å²) in [6, 6.07) is 10.1. The van der Waals surface area contributed by atoms with E-state index in [-0.39, 0.29) is 53.7 Å². The Morgan fingerprint density at radius 1 is 1.13 bits per heavy atom. The fraction of sp³-hybridized carbons (Fsp3) is 0.333. The number of nitrogens with zero attached hydrogens (tertiary/aromatic N) is 2. The molecule has 2 aliphatic rings. The van der Waals surface area contributed by atoms with Gasteiger partial charge in [0.25, 0.3) is 11.8 Å². The minimum absolute atomic E-state index is 0.00138. The Balaban J connectivity index is 1.54. The molecule has 0 aromatic heterocycles. The summed E-state index contributed by atoms with van der Waals surface area (Å²) < 4.78 is 33.3. The Hall–Kier alpha value is -2.62. The van der Waals surface area contributed by atoms with Gasteiger partial charge in [0.05, 0.1) is 10.7 Å². The molecule has 2 heterocycles. The van der Waals surface area contributed by atoms with Crippen LogP contribution in [0.5, 0.6) is 5.75 Å². The number of benzene rings is 2. The van der Waals surface area contributed by atoms with Crippen molar-refractivity contribution in [3.63, 3.8) is 0 Å². The third-order valence-electron chi connectivity index (χ3n) is 5.29. The zero-order valence-corrected chi connectivity index (χ0v) is 18.5. The van der Waals surface area contributed by atoms with Crippen LogP contribution >= 0.6 is 11.6 Å². The number of fused-ring (bicyclic) bond motifs is 1. The van der Waals surface area contributed by atoms with E-state index in [9.17, 15) is 18.0 Å². The SMILES string of the molecule is Cc1cccc(C(=O)N2CCCN(S(=O)(=O)c3cc4c(cc3Cl)NC(=O)CO4)CC2)c1. The van der Waals surface area contributed by atoms with Gasteiger partial charge < -0.3 is 15.0 Å². The molecule has 2 aromatic rings. The fourth-order valence-corrected chi connectivity index (χ4v) is 5.70. The summed E-state index contributed by atoms with van der Waals surface area (Å²) in [5, 5.41) is 2.61. The number of hydrogen-bond acceptors (Lipinski definition) is 5. The van der Waals surface area contributed by atoms with Crippen molar-refractivity contribution in [2.45, 2.75) is 18.2 Å². The molecule has 0 aliphatic carbocycles. The first kappa shape index (κ1) is 21.6. The first-order valence-electron chi connectivity index (χ1n) is 9.88. The molecule has 0 radical (unpaired) electrons. The summed E-state index contributed by atoms with van der Waals surface area (Å²) in [5.41, 5.74) is 1.92. The second kappa shape index (κ2) is 8.49. The molecule has 1 N–H and O–H groups in total. The monoisotopic (exact) mass is 463 g/mol. The van der Waals surface area contributed by atoms with Crippen LogP contribution in [0.15, 0.2) is 41.3 Å². The van der Waals surface area contributed by atoms with Crippen molar-refractivity contribution >= 4 is 39.1 Å². The average molecular weight is 464 g/mol. The molecule has 0 saturated carbocycles. The van der Waals surface area contributed by atoms with Gasteiger partial charge in [0.2, 0.25) is 10.0 Å². The number of halogens is 1. The number of amides is 2. The van der Waals surface area contributed by atoms with Gasteiger partial charge in [-0.1, -0.05) is 29.3 Å². The second-order valence-corrected chi connectivity index (χ2v) is 9.85. The van der Waals surface area contributed by atoms with Crippen molar-refractivity contribution in [1.29, 1.82) is 0 Å². The molecule has 4 rings (SSSR count). The number of sulfonamides is 1. The predicted octanol–water partition coefficient (Wildman–Crippen LogP) is 2.52. The van der Waals surface area contributed by atoms with Crippen LogP contribution in [0.25, 0.3) is 0 Å². The Morgan fingerprint density at radius 2 is 1.94 bits per heavy atom. The van der Waals surface area contributed by atoms with Crippen LogP contribution in [0.3, 0.4) is 0 Å². The van der Waals surface area contributed by atoms with Crippen molar-refractivity contribution in [2.75, 3.05) is 38.1 Å². The molecule has 2 aliphatic heterocycles. The van der Waals surface area contributed by atoms with Crippen LogP contribution in [-0.2, 0) is 14.8 Å². The van der Waals surface area contributed by atoms with Gasteiger partial charge in [0, 0.05) is 37.8 Å². The minimum Gasteiger partial charge on any atom is -0.482 e. The summed E-state index contributed by atoms with van der Waals surface area (Å²) in [5.74, 6) is -0.183. The van der Waals surface area contributed by atoms with Crippen LogP contribution in [0, 0.1) is 6.92 Å². The van der Waals surface area contributed by atoms with E-state index in [4.69, 9.17) is 16.3 Å². The summed E-state index contributed by atoms with van der Waals surface area (Å²) >= 11 is 6.25. The van der Waals surface area contributed by atoms with E-state index in [1.54, 1.807) is 11.0 Å². The lowest BCUT2D eigenvalue weighted by Crippen LogP contribution is -2.37. The highest BCUT2D eigenvalue weighted by Crippen LogP contribution is 2.37. The van der Waals surface area contributed by atoms with E-state index >= 15 is 0 Å². The molecule has 8 nitrogen and oxygen atoms in total. The van der Waals surface area contributed by atoms with Gasteiger partial charge in [-0.05, 0) is 31.5 Å². The summed E-state index contributed by atoms with van der Waals surface area (Å²) in [4.78, 5) is 25.9. The number of nitrogens with one attached hydrogen (secondary N) is 1. The van der Waals surface area contributed by atoms with Gasteiger partial charge >= 0.3 is 0 Å². The number of hydrogen-bond donors (Lipinski definition) is 1. The van der Waals surface area contributed by atoms with Crippen LogP contribution in [0.1, 0.15) is 22.3 Å². The van der Waals surface area contributed by atoms with Gasteiger partial charge in [-0.15, -0.1) is 0 Å². The topological polar surface area (TPSA) is 96.0 Å². The lowest BCUT2D eigenvalue weighted by Gasteiger charge is -2.24. The number of carbonyl (C=O) groups is 2. The molecule has 0 unspecified atom stereocenters. The number of ether oxygens (including phenoxy) is 1. The smallest absolute Gasteiger partial charge is 0.262 e. The molecule has 1 saturated heterocycles. The predicted molar refractivity (Wildman–Crippen MR) is 116 cm³/mol. The number of anilines is 1. The van der Waals surface area contributed by atoms with E-state index < -0.39 is 10.0 Å². The summed E-state index contributed by atoms with van der Waals surface area (Å²) in [6.45, 7) is 2.90. The first-order valence-corrected chi connectivity index (χ1v) is 11.7. The van der Waals surface area contributed by atoms with Crippen molar-refractivity contribution in [2.24, 2.45) is 0 Å². The number of rotatable bonds is 3. The maximum atomic E-state index is 13.3. The molecular weight excluding hydrogens is 442 g/mol. The Bertz CT molecular complexity index is 1150. The molecule has 2 aromatic carbocycles. The van der Waals surface area contributed by atoms with E-state index in [0.717, 1.165) is 5.56 Å². The highest BCUT2D eigenvalue weighted by molar-refractivity contribution is 7.89. The van der Waals surface area contributed by atoms with Gasteiger partial charge in [-0.25, -0.2) is 8.42 Å². The molecule has 0 atom stereocenters. The standard InChI is InChI=1S/C21H22ClN3O5S/c1-14-4-2-5-15(10-14)21(27)24-6-3-7-25(9-8-24)31(28,29)19-12-18-17(11-16(19)22)23-20(26)13-30-18/h2,4-5,10-12H,3,6-9,13H2,1H3,(H,23,26). The Morgan fingerprint density at radius 3 is 2.71 bits per heavy atom. The molecule has 164 valence electrons. The quantitative estimate of drug-likeness (QED) is 0.754. The molecule has 2 amide bonds.